The summed E-state index contributed by atoms with van der Waals surface area (Å²) in [5.74, 6) is 0.804. The Bertz CT molecular complexity index is 1190. The van der Waals surface area contributed by atoms with Gasteiger partial charge in [0.05, 0.1) is 24.6 Å². The largest absolute Gasteiger partial charge is 0.394 e. The smallest absolute Gasteiger partial charge is 0.246 e. The van der Waals surface area contributed by atoms with Gasteiger partial charge in [-0.1, -0.05) is 36.4 Å². The van der Waals surface area contributed by atoms with Crippen molar-refractivity contribution in [3.8, 4) is 0 Å². The maximum absolute atomic E-state index is 12.9. The van der Waals surface area contributed by atoms with Gasteiger partial charge >= 0.3 is 0 Å². The van der Waals surface area contributed by atoms with E-state index in [9.17, 15) is 9.90 Å². The summed E-state index contributed by atoms with van der Waals surface area (Å²) in [6.45, 7) is 6.29. The van der Waals surface area contributed by atoms with E-state index in [2.05, 4.69) is 32.1 Å². The molecule has 2 N–H and O–H groups in total. The second-order valence-corrected chi connectivity index (χ2v) is 10.3. The Morgan fingerprint density at radius 2 is 1.97 bits per heavy atom. The lowest BCUT2D eigenvalue weighted by molar-refractivity contribution is -0.126. The molecule has 35 heavy (non-hydrogen) atoms. The van der Waals surface area contributed by atoms with E-state index in [0.717, 1.165) is 65.6 Å². The number of carbonyl (C=O) groups is 1. The first-order chi connectivity index (χ1) is 17.1. The Morgan fingerprint density at radius 1 is 1.17 bits per heavy atom. The quantitative estimate of drug-likeness (QED) is 0.490. The molecule has 1 aromatic carbocycles. The minimum absolute atomic E-state index is 0.0371. The Kier molecular flexibility index (Phi) is 7.38. The van der Waals surface area contributed by atoms with E-state index in [1.807, 2.05) is 41.3 Å². The highest BCUT2D eigenvalue weighted by molar-refractivity contribution is 7.19. The number of rotatable bonds is 7. The summed E-state index contributed by atoms with van der Waals surface area (Å²) in [5, 5.41) is 14.4. The summed E-state index contributed by atoms with van der Waals surface area (Å²) in [5.41, 5.74) is 2.22. The molecule has 0 spiro atoms. The van der Waals surface area contributed by atoms with Crippen LogP contribution in [0.15, 0.2) is 48.8 Å². The van der Waals surface area contributed by atoms with Crippen LogP contribution in [0.4, 0.5) is 5.82 Å². The Balaban J connectivity index is 1.28. The van der Waals surface area contributed by atoms with Crippen LogP contribution in [0, 0.1) is 0 Å². The van der Waals surface area contributed by atoms with E-state index >= 15 is 0 Å². The van der Waals surface area contributed by atoms with Gasteiger partial charge in [-0.25, -0.2) is 9.97 Å². The van der Waals surface area contributed by atoms with Crippen molar-refractivity contribution in [3.63, 3.8) is 0 Å². The molecule has 0 bridgehead atoms. The van der Waals surface area contributed by atoms with Crippen LogP contribution in [-0.4, -0.2) is 88.6 Å². The predicted molar refractivity (Wildman–Crippen MR) is 140 cm³/mol. The molecular formula is C26H32N6O2S. The maximum Gasteiger partial charge on any atom is 0.246 e. The number of hydrogen-bond donors (Lipinski definition) is 2. The van der Waals surface area contributed by atoms with Crippen LogP contribution in [0.1, 0.15) is 22.0 Å². The number of nitrogens with zero attached hydrogens (tertiary/aromatic N) is 5. The van der Waals surface area contributed by atoms with Gasteiger partial charge in [-0.05, 0) is 24.6 Å². The molecule has 4 heterocycles. The van der Waals surface area contributed by atoms with Crippen LogP contribution in [0.3, 0.4) is 0 Å². The molecule has 0 unspecified atom stereocenters. The number of piperazine rings is 1. The Morgan fingerprint density at radius 3 is 2.74 bits per heavy atom. The molecule has 1 amide bonds. The highest BCUT2D eigenvalue weighted by Crippen LogP contribution is 2.38. The summed E-state index contributed by atoms with van der Waals surface area (Å²) in [6.07, 6.45) is 6.07. The molecule has 9 heteroatoms. The van der Waals surface area contributed by atoms with Crippen molar-refractivity contribution in [1.29, 1.82) is 0 Å². The van der Waals surface area contributed by atoms with Gasteiger partial charge < -0.3 is 20.2 Å². The van der Waals surface area contributed by atoms with Crippen molar-refractivity contribution < 1.29 is 9.90 Å². The lowest BCUT2D eigenvalue weighted by Gasteiger charge is -2.31. The van der Waals surface area contributed by atoms with Gasteiger partial charge in [0, 0.05) is 50.2 Å². The first kappa shape index (κ1) is 23.9. The average Bonchev–Trinajstić information content (AvgIpc) is 3.27. The highest BCUT2D eigenvalue weighted by atomic mass is 32.1. The number of benzene rings is 1. The summed E-state index contributed by atoms with van der Waals surface area (Å²) in [6, 6.07) is 9.63. The number of carbonyl (C=O) groups excluding carboxylic acids is 1. The monoisotopic (exact) mass is 492 g/mol. The number of anilines is 1. The fourth-order valence-electron chi connectivity index (χ4n) is 4.75. The molecule has 1 saturated heterocycles. The SMILES string of the molecule is CN1CCN(CC=CC(=O)N2CCc3c(sc4ncnc(N[C@H](CO)c5ccccc5)c34)C2)CC1. The number of aliphatic hydroxyl groups is 1. The fourth-order valence-corrected chi connectivity index (χ4v) is 5.95. The zero-order chi connectivity index (χ0) is 24.2. The topological polar surface area (TPSA) is 84.8 Å². The first-order valence-corrected chi connectivity index (χ1v) is 13.0. The normalized spacial score (nSPS) is 18.2. The molecule has 8 nitrogen and oxygen atoms in total. The standard InChI is InChI=1S/C26H32N6O2S/c1-30-12-14-31(15-13-30)10-5-8-23(34)32-11-9-20-22(16-32)35-26-24(20)25(27-18-28-26)29-21(17-33)19-6-3-2-4-7-19/h2-8,18,21,33H,9-17H2,1H3,(H,27,28,29)/t21-/m1/s1. The summed E-state index contributed by atoms with van der Waals surface area (Å²) < 4.78 is 0. The molecule has 2 aliphatic heterocycles. The average molecular weight is 493 g/mol. The number of thiophene rings is 1. The molecule has 2 aliphatic rings. The minimum atomic E-state index is -0.253. The van der Waals surface area contributed by atoms with Crippen molar-refractivity contribution >= 4 is 33.3 Å². The number of likely N-dealkylation sites (N-methyl/N-ethyl adjacent to an activating group) is 1. The van der Waals surface area contributed by atoms with Crippen molar-refractivity contribution in [2.75, 3.05) is 58.2 Å². The zero-order valence-electron chi connectivity index (χ0n) is 20.1. The third-order valence-electron chi connectivity index (χ3n) is 6.86. The van der Waals surface area contributed by atoms with E-state index in [4.69, 9.17) is 0 Å². The fraction of sp³-hybridized carbons (Fsp3) is 0.423. The van der Waals surface area contributed by atoms with Crippen LogP contribution < -0.4 is 5.32 Å². The molecule has 5 rings (SSSR count). The van der Waals surface area contributed by atoms with Crippen molar-refractivity contribution in [2.24, 2.45) is 0 Å². The summed E-state index contributed by atoms with van der Waals surface area (Å²) >= 11 is 1.63. The summed E-state index contributed by atoms with van der Waals surface area (Å²) in [4.78, 5) is 30.6. The van der Waals surface area contributed by atoms with E-state index in [1.54, 1.807) is 23.7 Å². The van der Waals surface area contributed by atoms with Crippen LogP contribution in [-0.2, 0) is 17.8 Å². The molecule has 2 aromatic heterocycles. The highest BCUT2D eigenvalue weighted by Gasteiger charge is 2.26. The Labute approximate surface area is 209 Å². The van der Waals surface area contributed by atoms with Crippen LogP contribution in [0.2, 0.25) is 0 Å². The van der Waals surface area contributed by atoms with E-state index in [-0.39, 0.29) is 18.6 Å². The van der Waals surface area contributed by atoms with Crippen LogP contribution in [0.5, 0.6) is 0 Å². The molecule has 0 saturated carbocycles. The van der Waals surface area contributed by atoms with Crippen LogP contribution in [0.25, 0.3) is 10.2 Å². The third kappa shape index (κ3) is 5.38. The van der Waals surface area contributed by atoms with Gasteiger partial charge in [-0.15, -0.1) is 11.3 Å². The van der Waals surface area contributed by atoms with Gasteiger partial charge in [0.2, 0.25) is 5.91 Å². The van der Waals surface area contributed by atoms with Gasteiger partial charge in [0.25, 0.3) is 0 Å². The number of aromatic nitrogens is 2. The van der Waals surface area contributed by atoms with Crippen molar-refractivity contribution in [2.45, 2.75) is 19.0 Å². The lowest BCUT2D eigenvalue weighted by atomic mass is 10.0. The van der Waals surface area contributed by atoms with Crippen molar-refractivity contribution in [3.05, 3.63) is 64.8 Å². The zero-order valence-corrected chi connectivity index (χ0v) is 20.9. The maximum atomic E-state index is 12.9. The van der Waals surface area contributed by atoms with Crippen LogP contribution >= 0.6 is 11.3 Å². The van der Waals surface area contributed by atoms with E-state index in [1.165, 1.54) is 5.56 Å². The molecule has 184 valence electrons. The van der Waals surface area contributed by atoms with Gasteiger partial charge in [-0.3, -0.25) is 9.69 Å². The molecule has 0 radical (unpaired) electrons. The molecule has 0 aliphatic carbocycles. The Hall–Kier alpha value is -2.85. The van der Waals surface area contributed by atoms with Crippen molar-refractivity contribution in [1.82, 2.24) is 24.7 Å². The van der Waals surface area contributed by atoms with E-state index in [0.29, 0.717) is 13.1 Å². The number of fused-ring (bicyclic) bond motifs is 3. The second kappa shape index (κ2) is 10.8. The number of hydrogen-bond acceptors (Lipinski definition) is 8. The first-order valence-electron chi connectivity index (χ1n) is 12.2. The molecule has 3 aromatic rings. The molecular weight excluding hydrogens is 460 g/mol. The molecule has 1 fully saturated rings. The number of nitrogens with one attached hydrogen (secondary N) is 1. The number of aliphatic hydroxyl groups excluding tert-OH is 1. The summed E-state index contributed by atoms with van der Waals surface area (Å²) in [7, 11) is 2.15. The number of amides is 1. The second-order valence-electron chi connectivity index (χ2n) is 9.21. The van der Waals surface area contributed by atoms with Gasteiger partial charge in [-0.2, -0.15) is 0 Å². The molecule has 1 atom stereocenters. The van der Waals surface area contributed by atoms with Gasteiger partial charge in [0.1, 0.15) is 17.0 Å². The predicted octanol–water partition coefficient (Wildman–Crippen LogP) is 2.53. The third-order valence-corrected chi connectivity index (χ3v) is 7.99. The van der Waals surface area contributed by atoms with Gasteiger partial charge in [0.15, 0.2) is 0 Å². The lowest BCUT2D eigenvalue weighted by Crippen LogP contribution is -2.44. The van der Waals surface area contributed by atoms with E-state index < -0.39 is 0 Å². The minimum Gasteiger partial charge on any atom is -0.394 e.